The summed E-state index contributed by atoms with van der Waals surface area (Å²) in [5.41, 5.74) is 33.8. The highest BCUT2D eigenvalue weighted by molar-refractivity contribution is 7.72. The van der Waals surface area contributed by atoms with Gasteiger partial charge in [0.1, 0.15) is 0 Å². The molecule has 0 radical (unpaired) electrons. The van der Waals surface area contributed by atoms with E-state index in [-0.39, 0.29) is 23.0 Å². The van der Waals surface area contributed by atoms with E-state index in [2.05, 4.69) is 18.9 Å². The van der Waals surface area contributed by atoms with Crippen molar-refractivity contribution < 1.29 is 14.4 Å². The van der Waals surface area contributed by atoms with Crippen molar-refractivity contribution >= 4 is 24.6 Å². The SMILES string of the molecule is [N-]=[N+]=C1C[PH](=[N+]=[N-])C(=[N+]=[N-])C1=[N+]=[N-]. The van der Waals surface area contributed by atoms with E-state index in [4.69, 9.17) is 22.1 Å². The van der Waals surface area contributed by atoms with Gasteiger partial charge in [-0.2, -0.15) is 9.58 Å². The molecule has 1 heterocycles. The molecule has 1 atom stereocenters. The molecular weight excluding hydrogens is 191 g/mol. The standard InChI is InChI=1S/C4H3N8P/c5-9-2-1-13(12-8)4(11-7)3(2)10-6/h13H,1H2. The van der Waals surface area contributed by atoms with Gasteiger partial charge in [0.25, 0.3) is 0 Å². The van der Waals surface area contributed by atoms with Crippen LogP contribution in [0.25, 0.3) is 22.1 Å². The lowest BCUT2D eigenvalue weighted by Gasteiger charge is -1.64. The van der Waals surface area contributed by atoms with Crippen LogP contribution in [0.4, 0.5) is 0 Å². The highest BCUT2D eigenvalue weighted by atomic mass is 31.1. The first-order chi connectivity index (χ1) is 6.28. The Labute approximate surface area is 72.7 Å². The number of rotatable bonds is 0. The molecule has 0 aliphatic carbocycles. The zero-order chi connectivity index (χ0) is 9.84. The van der Waals surface area contributed by atoms with Crippen molar-refractivity contribution in [3.05, 3.63) is 22.1 Å². The largest absolute Gasteiger partial charge is 0.493 e. The molecule has 0 aromatic heterocycles. The molecular formula is C4H3N8P. The molecule has 13 heavy (non-hydrogen) atoms. The van der Waals surface area contributed by atoms with Crippen LogP contribution in [0.1, 0.15) is 0 Å². The van der Waals surface area contributed by atoms with Crippen molar-refractivity contribution in [2.24, 2.45) is 0 Å². The van der Waals surface area contributed by atoms with Gasteiger partial charge in [-0.15, -0.1) is 4.79 Å². The van der Waals surface area contributed by atoms with E-state index in [1.807, 2.05) is 0 Å². The predicted octanol–water partition coefficient (Wildman–Crippen LogP) is -0.544. The zero-order valence-electron chi connectivity index (χ0n) is 6.28. The summed E-state index contributed by atoms with van der Waals surface area (Å²) in [7, 11) is -1.86. The van der Waals surface area contributed by atoms with Crippen LogP contribution in [-0.4, -0.2) is 37.4 Å². The molecule has 0 amide bonds. The average Bonchev–Trinajstić information content (AvgIpc) is 2.54. The maximum absolute atomic E-state index is 8.50. The van der Waals surface area contributed by atoms with E-state index in [0.29, 0.717) is 0 Å². The molecule has 0 aromatic rings. The molecule has 1 rings (SSSR count). The van der Waals surface area contributed by atoms with E-state index < -0.39 is 7.71 Å². The van der Waals surface area contributed by atoms with Crippen LogP contribution in [-0.2, 0) is 0 Å². The van der Waals surface area contributed by atoms with Crippen molar-refractivity contribution in [1.29, 1.82) is 0 Å². The highest BCUT2D eigenvalue weighted by Crippen LogP contribution is 2.27. The summed E-state index contributed by atoms with van der Waals surface area (Å²) in [6.07, 6.45) is 0.121. The van der Waals surface area contributed by atoms with Crippen LogP contribution in [0.15, 0.2) is 0 Å². The van der Waals surface area contributed by atoms with E-state index in [1.54, 1.807) is 0 Å². The normalized spacial score (nSPS) is 20.3. The zero-order valence-corrected chi connectivity index (χ0v) is 7.28. The molecule has 0 bridgehead atoms. The van der Waals surface area contributed by atoms with Crippen LogP contribution in [0.5, 0.6) is 0 Å². The minimum absolute atomic E-state index is 0.0391. The first-order valence-corrected chi connectivity index (χ1v) is 4.81. The summed E-state index contributed by atoms with van der Waals surface area (Å²) in [6.45, 7) is 0. The van der Waals surface area contributed by atoms with Crippen molar-refractivity contribution in [3.63, 3.8) is 0 Å². The van der Waals surface area contributed by atoms with Crippen LogP contribution in [0.3, 0.4) is 0 Å². The van der Waals surface area contributed by atoms with Gasteiger partial charge in [0.05, 0.1) is 0 Å². The third-order valence-electron chi connectivity index (χ3n) is 1.55. The van der Waals surface area contributed by atoms with Gasteiger partial charge in [-0.3, -0.25) is 0 Å². The molecule has 0 saturated carbocycles. The van der Waals surface area contributed by atoms with Gasteiger partial charge in [0.2, 0.25) is 0 Å². The summed E-state index contributed by atoms with van der Waals surface area (Å²) >= 11 is 0. The average molecular weight is 194 g/mol. The third kappa shape index (κ3) is 1.35. The first kappa shape index (κ1) is 9.17. The molecule has 1 aliphatic rings. The lowest BCUT2D eigenvalue weighted by Crippen LogP contribution is -2.17. The Balaban J connectivity index is 3.56. The molecule has 64 valence electrons. The van der Waals surface area contributed by atoms with Gasteiger partial charge in [-0.1, -0.05) is 0 Å². The van der Waals surface area contributed by atoms with Gasteiger partial charge in [0.15, 0.2) is 6.16 Å². The first-order valence-electron chi connectivity index (χ1n) is 3.15. The lowest BCUT2D eigenvalue weighted by molar-refractivity contribution is -0.0298. The Kier molecular flexibility index (Phi) is 2.58. The number of nitrogens with zero attached hydrogens (tertiary/aromatic N) is 8. The van der Waals surface area contributed by atoms with Gasteiger partial charge >= 0.3 is 24.6 Å². The van der Waals surface area contributed by atoms with E-state index in [9.17, 15) is 0 Å². The summed E-state index contributed by atoms with van der Waals surface area (Å²) in [5, 5.41) is 0. The predicted molar refractivity (Wildman–Crippen MR) is 44.6 cm³/mol. The minimum atomic E-state index is -1.86. The van der Waals surface area contributed by atoms with Crippen molar-refractivity contribution in [3.8, 4) is 0 Å². The Hall–Kier alpha value is -1.92. The van der Waals surface area contributed by atoms with Crippen LogP contribution < -0.4 is 4.54 Å². The molecule has 1 fully saturated rings. The second-order valence-electron chi connectivity index (χ2n) is 2.17. The third-order valence-corrected chi connectivity index (χ3v) is 3.34. The Morgan fingerprint density at radius 3 is 2.08 bits per heavy atom. The van der Waals surface area contributed by atoms with Crippen molar-refractivity contribution in [2.75, 3.05) is 6.16 Å². The molecule has 0 N–H and O–H groups in total. The molecule has 8 nitrogen and oxygen atoms in total. The van der Waals surface area contributed by atoms with Crippen molar-refractivity contribution in [2.45, 2.75) is 0 Å². The van der Waals surface area contributed by atoms with E-state index in [1.165, 1.54) is 0 Å². The van der Waals surface area contributed by atoms with Gasteiger partial charge in [-0.25, -0.2) is 4.54 Å². The molecule has 0 spiro atoms. The number of hydrogen-bond acceptors (Lipinski definition) is 0. The van der Waals surface area contributed by atoms with E-state index >= 15 is 0 Å². The summed E-state index contributed by atoms with van der Waals surface area (Å²) in [4.78, 5) is 8.42. The highest BCUT2D eigenvalue weighted by Gasteiger charge is 2.55. The van der Waals surface area contributed by atoms with Crippen LogP contribution >= 0.6 is 7.71 Å². The molecule has 1 aliphatic heterocycles. The minimum Gasteiger partial charge on any atom is -0.369 e. The topological polar surface area (TPSA) is 146 Å². The fraction of sp³-hybridized carbons (Fsp3) is 0.250. The van der Waals surface area contributed by atoms with Crippen LogP contribution in [0.2, 0.25) is 0 Å². The molecule has 1 unspecified atom stereocenters. The lowest BCUT2D eigenvalue weighted by atomic mass is 10.3. The quantitative estimate of drug-likeness (QED) is 0.277. The maximum Gasteiger partial charge on any atom is 0.493 e. The maximum atomic E-state index is 8.50. The summed E-state index contributed by atoms with van der Waals surface area (Å²) < 4.78 is 2.96. The second kappa shape index (κ2) is 3.65. The Morgan fingerprint density at radius 1 is 1.00 bits per heavy atom. The Morgan fingerprint density at radius 2 is 1.69 bits per heavy atom. The monoisotopic (exact) mass is 194 g/mol. The molecule has 0 aromatic carbocycles. The molecule has 9 heteroatoms. The number of hydrogen-bond donors (Lipinski definition) is 0. The summed E-state index contributed by atoms with van der Waals surface area (Å²) in [5.74, 6) is 0. The van der Waals surface area contributed by atoms with Gasteiger partial charge in [0, 0.05) is 0 Å². The molecule has 1 saturated heterocycles. The Bertz CT molecular complexity index is 418. The van der Waals surface area contributed by atoms with Gasteiger partial charge in [-0.05, 0) is 0 Å². The summed E-state index contributed by atoms with van der Waals surface area (Å²) in [6, 6.07) is 0. The van der Waals surface area contributed by atoms with Gasteiger partial charge < -0.3 is 22.1 Å². The van der Waals surface area contributed by atoms with Crippen molar-refractivity contribution in [1.82, 2.24) is 4.54 Å². The van der Waals surface area contributed by atoms with E-state index in [0.717, 1.165) is 0 Å². The fourth-order valence-corrected chi connectivity index (χ4v) is 2.45. The second-order valence-corrected chi connectivity index (χ2v) is 4.09. The smallest absolute Gasteiger partial charge is 0.369 e. The fourth-order valence-electron chi connectivity index (χ4n) is 0.975. The van der Waals surface area contributed by atoms with Crippen LogP contribution in [0, 0.1) is 0 Å².